The molecule has 0 bridgehead atoms. The molecule has 4 nitrogen and oxygen atoms in total. The lowest BCUT2D eigenvalue weighted by atomic mass is 10.2. The number of amides is 1. The summed E-state index contributed by atoms with van der Waals surface area (Å²) < 4.78 is 10.9. The van der Waals surface area contributed by atoms with E-state index in [-0.39, 0.29) is 5.91 Å². The second kappa shape index (κ2) is 6.54. The van der Waals surface area contributed by atoms with Gasteiger partial charge in [0.25, 0.3) is 0 Å². The van der Waals surface area contributed by atoms with Crippen LogP contribution in [0.5, 0.6) is 11.5 Å². The van der Waals surface area contributed by atoms with Crippen molar-refractivity contribution in [3.63, 3.8) is 0 Å². The van der Waals surface area contributed by atoms with Gasteiger partial charge in [0.2, 0.25) is 5.91 Å². The third-order valence-electron chi connectivity index (χ3n) is 3.09. The number of benzene rings is 2. The minimum absolute atomic E-state index is 0.225. The second-order valence-corrected chi connectivity index (χ2v) is 5.17. The average molecular weight is 316 g/mol. The van der Waals surface area contributed by atoms with Crippen molar-refractivity contribution in [2.45, 2.75) is 0 Å². The fraction of sp³-hybridized carbons (Fsp3) is 0.118. The lowest BCUT2D eigenvalue weighted by molar-refractivity contribution is -0.111. The van der Waals surface area contributed by atoms with Gasteiger partial charge in [-0.1, -0.05) is 23.7 Å². The van der Waals surface area contributed by atoms with E-state index in [9.17, 15) is 4.79 Å². The maximum absolute atomic E-state index is 11.9. The van der Waals surface area contributed by atoms with Crippen LogP contribution >= 0.6 is 11.6 Å². The Labute approximate surface area is 133 Å². The summed E-state index contributed by atoms with van der Waals surface area (Å²) in [7, 11) is 0. The molecule has 1 amide bonds. The third kappa shape index (κ3) is 3.59. The monoisotopic (exact) mass is 315 g/mol. The molecule has 1 N–H and O–H groups in total. The largest absolute Gasteiger partial charge is 0.486 e. The molecule has 0 radical (unpaired) electrons. The average Bonchev–Trinajstić information content (AvgIpc) is 2.53. The van der Waals surface area contributed by atoms with Gasteiger partial charge in [-0.15, -0.1) is 0 Å². The van der Waals surface area contributed by atoms with Gasteiger partial charge in [-0.3, -0.25) is 4.79 Å². The van der Waals surface area contributed by atoms with E-state index in [1.807, 2.05) is 12.1 Å². The molecule has 5 heteroatoms. The Balaban J connectivity index is 1.66. The molecule has 0 spiro atoms. The number of rotatable bonds is 3. The van der Waals surface area contributed by atoms with Gasteiger partial charge < -0.3 is 14.8 Å². The maximum Gasteiger partial charge on any atom is 0.248 e. The molecule has 22 heavy (non-hydrogen) atoms. The van der Waals surface area contributed by atoms with E-state index >= 15 is 0 Å². The van der Waals surface area contributed by atoms with Crippen LogP contribution in [0.1, 0.15) is 5.56 Å². The topological polar surface area (TPSA) is 47.6 Å². The second-order valence-electron chi connectivity index (χ2n) is 4.74. The normalized spacial score (nSPS) is 13.1. The van der Waals surface area contributed by atoms with Crippen LogP contribution in [-0.2, 0) is 4.79 Å². The summed E-state index contributed by atoms with van der Waals surface area (Å²) in [6.45, 7) is 1.06. The molecule has 2 aromatic carbocycles. The zero-order valence-electron chi connectivity index (χ0n) is 11.7. The molecule has 1 heterocycles. The number of hydrogen-bond donors (Lipinski definition) is 1. The lowest BCUT2D eigenvalue weighted by Gasteiger charge is -2.18. The summed E-state index contributed by atoms with van der Waals surface area (Å²) in [6, 6.07) is 12.6. The van der Waals surface area contributed by atoms with Gasteiger partial charge in [0.15, 0.2) is 11.5 Å². The highest BCUT2D eigenvalue weighted by molar-refractivity contribution is 6.30. The predicted octanol–water partition coefficient (Wildman–Crippen LogP) is 3.76. The van der Waals surface area contributed by atoms with E-state index in [0.717, 1.165) is 5.56 Å². The van der Waals surface area contributed by atoms with Crippen molar-refractivity contribution in [3.05, 3.63) is 59.1 Å². The van der Waals surface area contributed by atoms with Gasteiger partial charge in [0, 0.05) is 22.9 Å². The van der Waals surface area contributed by atoms with Crippen LogP contribution in [0.3, 0.4) is 0 Å². The number of halogens is 1. The summed E-state index contributed by atoms with van der Waals surface area (Å²) in [5.41, 5.74) is 1.52. The van der Waals surface area contributed by atoms with E-state index in [1.165, 1.54) is 6.08 Å². The van der Waals surface area contributed by atoms with Crippen molar-refractivity contribution in [2.24, 2.45) is 0 Å². The van der Waals surface area contributed by atoms with Crippen molar-refractivity contribution >= 4 is 29.3 Å². The number of fused-ring (bicyclic) bond motifs is 1. The molecule has 1 aliphatic rings. The van der Waals surface area contributed by atoms with Gasteiger partial charge in [-0.2, -0.15) is 0 Å². The van der Waals surface area contributed by atoms with Crippen LogP contribution in [0.15, 0.2) is 48.5 Å². The first kappa shape index (κ1) is 14.5. The Morgan fingerprint density at radius 3 is 2.73 bits per heavy atom. The van der Waals surface area contributed by atoms with E-state index in [1.54, 1.807) is 36.4 Å². The first-order valence-corrected chi connectivity index (χ1v) is 7.23. The molecule has 0 unspecified atom stereocenters. The molecule has 0 atom stereocenters. The zero-order chi connectivity index (χ0) is 15.4. The number of nitrogens with one attached hydrogen (secondary N) is 1. The molecule has 1 aliphatic heterocycles. The van der Waals surface area contributed by atoms with Crippen LogP contribution < -0.4 is 14.8 Å². The minimum Gasteiger partial charge on any atom is -0.486 e. The molecule has 0 aromatic heterocycles. The van der Waals surface area contributed by atoms with Gasteiger partial charge in [0.1, 0.15) is 13.2 Å². The molecular formula is C17H14ClNO3. The number of carbonyl (C=O) groups is 1. The van der Waals surface area contributed by atoms with Crippen molar-refractivity contribution in [2.75, 3.05) is 18.5 Å². The molecule has 0 saturated carbocycles. The Morgan fingerprint density at radius 2 is 1.91 bits per heavy atom. The van der Waals surface area contributed by atoms with Gasteiger partial charge in [-0.25, -0.2) is 0 Å². The van der Waals surface area contributed by atoms with Gasteiger partial charge >= 0.3 is 0 Å². The minimum atomic E-state index is -0.225. The van der Waals surface area contributed by atoms with Gasteiger partial charge in [0.05, 0.1) is 0 Å². The quantitative estimate of drug-likeness (QED) is 0.877. The molecule has 0 saturated heterocycles. The predicted molar refractivity (Wildman–Crippen MR) is 86.5 cm³/mol. The molecule has 3 rings (SSSR count). The van der Waals surface area contributed by atoms with Crippen LogP contribution in [0.2, 0.25) is 5.02 Å². The Hall–Kier alpha value is -2.46. The fourth-order valence-corrected chi connectivity index (χ4v) is 2.29. The van der Waals surface area contributed by atoms with Crippen LogP contribution in [0, 0.1) is 0 Å². The maximum atomic E-state index is 11.9. The highest BCUT2D eigenvalue weighted by Crippen LogP contribution is 2.32. The van der Waals surface area contributed by atoms with Crippen molar-refractivity contribution in [3.8, 4) is 11.5 Å². The van der Waals surface area contributed by atoms with Crippen molar-refractivity contribution in [1.82, 2.24) is 0 Å². The highest BCUT2D eigenvalue weighted by Gasteiger charge is 2.12. The summed E-state index contributed by atoms with van der Waals surface area (Å²) in [5, 5.41) is 3.42. The molecule has 0 fully saturated rings. The highest BCUT2D eigenvalue weighted by atomic mass is 35.5. The number of ether oxygens (including phenoxy) is 2. The van der Waals surface area contributed by atoms with E-state index in [4.69, 9.17) is 21.1 Å². The molecule has 112 valence electrons. The summed E-state index contributed by atoms with van der Waals surface area (Å²) >= 11 is 5.90. The first-order valence-electron chi connectivity index (χ1n) is 6.85. The fourth-order valence-electron chi connectivity index (χ4n) is 2.09. The van der Waals surface area contributed by atoms with Gasteiger partial charge in [-0.05, 0) is 35.9 Å². The number of carbonyl (C=O) groups excluding carboxylic acids is 1. The lowest BCUT2D eigenvalue weighted by Crippen LogP contribution is -2.16. The first-order chi connectivity index (χ1) is 10.7. The Kier molecular flexibility index (Phi) is 4.30. The van der Waals surface area contributed by atoms with Crippen molar-refractivity contribution in [1.29, 1.82) is 0 Å². The SMILES string of the molecule is O=C(/C=C/c1cccc(Cl)c1)Nc1ccc2c(c1)OCCO2. The van der Waals surface area contributed by atoms with E-state index < -0.39 is 0 Å². The molecule has 2 aromatic rings. The summed E-state index contributed by atoms with van der Waals surface area (Å²) in [5.74, 6) is 1.11. The van der Waals surface area contributed by atoms with Crippen LogP contribution in [0.25, 0.3) is 6.08 Å². The van der Waals surface area contributed by atoms with Crippen LogP contribution in [-0.4, -0.2) is 19.1 Å². The summed E-state index contributed by atoms with van der Waals surface area (Å²) in [4.78, 5) is 11.9. The van der Waals surface area contributed by atoms with E-state index in [2.05, 4.69) is 5.32 Å². The number of hydrogen-bond acceptors (Lipinski definition) is 3. The molecular weight excluding hydrogens is 302 g/mol. The standard InChI is InChI=1S/C17H14ClNO3/c18-13-3-1-2-12(10-13)4-7-17(20)19-14-5-6-15-16(11-14)22-9-8-21-15/h1-7,10-11H,8-9H2,(H,19,20)/b7-4+. The third-order valence-corrected chi connectivity index (χ3v) is 3.32. The number of anilines is 1. The molecule has 0 aliphatic carbocycles. The smallest absolute Gasteiger partial charge is 0.248 e. The zero-order valence-corrected chi connectivity index (χ0v) is 12.5. The van der Waals surface area contributed by atoms with E-state index in [0.29, 0.717) is 35.4 Å². The Morgan fingerprint density at radius 1 is 1.09 bits per heavy atom. The summed E-state index contributed by atoms with van der Waals surface area (Å²) in [6.07, 6.45) is 3.17. The van der Waals surface area contributed by atoms with Crippen molar-refractivity contribution < 1.29 is 14.3 Å². The Bertz CT molecular complexity index is 728. The van der Waals surface area contributed by atoms with Crippen LogP contribution in [0.4, 0.5) is 5.69 Å².